The maximum absolute atomic E-state index is 5.15. The molecule has 2 unspecified atom stereocenters. The molecule has 94 valence electrons. The van der Waals surface area contributed by atoms with Crippen molar-refractivity contribution in [2.24, 2.45) is 5.92 Å². The molecule has 0 amide bonds. The van der Waals surface area contributed by atoms with E-state index in [1.165, 1.54) is 24.8 Å². The number of benzene rings is 1. The minimum absolute atomic E-state index is 0.753. The Hall–Kier alpha value is -1.02. The van der Waals surface area contributed by atoms with Gasteiger partial charge in [0.25, 0.3) is 0 Å². The summed E-state index contributed by atoms with van der Waals surface area (Å²) in [7, 11) is 1.71. The van der Waals surface area contributed by atoms with Crippen LogP contribution in [0.25, 0.3) is 0 Å². The Morgan fingerprint density at radius 3 is 2.59 bits per heavy atom. The quantitative estimate of drug-likeness (QED) is 0.844. The first-order chi connectivity index (χ1) is 8.28. The molecule has 2 atom stereocenters. The van der Waals surface area contributed by atoms with Crippen LogP contribution in [0.3, 0.4) is 0 Å². The predicted molar refractivity (Wildman–Crippen MR) is 71.5 cm³/mol. The van der Waals surface area contributed by atoms with Crippen LogP contribution in [0.1, 0.15) is 31.7 Å². The average Bonchev–Trinajstić information content (AvgIpc) is 2.76. The van der Waals surface area contributed by atoms with Crippen LogP contribution in [0, 0.1) is 5.92 Å². The zero-order valence-electron chi connectivity index (χ0n) is 10.9. The molecule has 0 saturated heterocycles. The predicted octanol–water partition coefficient (Wildman–Crippen LogP) is 3.02. The van der Waals surface area contributed by atoms with Crippen LogP contribution in [0.5, 0.6) is 5.75 Å². The normalized spacial score (nSPS) is 23.9. The largest absolute Gasteiger partial charge is 0.497 e. The van der Waals surface area contributed by atoms with E-state index in [4.69, 9.17) is 4.74 Å². The second-order valence-electron chi connectivity index (χ2n) is 5.17. The highest BCUT2D eigenvalue weighted by molar-refractivity contribution is 5.27. The first kappa shape index (κ1) is 12.4. The second-order valence-corrected chi connectivity index (χ2v) is 5.17. The fourth-order valence-corrected chi connectivity index (χ4v) is 2.61. The van der Waals surface area contributed by atoms with Crippen molar-refractivity contribution < 1.29 is 4.74 Å². The summed E-state index contributed by atoms with van der Waals surface area (Å²) >= 11 is 0. The van der Waals surface area contributed by atoms with Gasteiger partial charge in [0.1, 0.15) is 5.75 Å². The van der Waals surface area contributed by atoms with Crippen LogP contribution >= 0.6 is 0 Å². The van der Waals surface area contributed by atoms with Gasteiger partial charge >= 0.3 is 0 Å². The lowest BCUT2D eigenvalue weighted by molar-refractivity contribution is 0.414. The first-order valence-corrected chi connectivity index (χ1v) is 6.64. The van der Waals surface area contributed by atoms with Gasteiger partial charge in [0, 0.05) is 6.04 Å². The fourth-order valence-electron chi connectivity index (χ4n) is 2.61. The molecule has 0 heterocycles. The fraction of sp³-hybridized carbons (Fsp3) is 0.600. The minimum Gasteiger partial charge on any atom is -0.497 e. The Kier molecular flexibility index (Phi) is 4.43. The van der Waals surface area contributed by atoms with E-state index < -0.39 is 0 Å². The van der Waals surface area contributed by atoms with Crippen LogP contribution in [-0.2, 0) is 6.42 Å². The number of methoxy groups -OCH3 is 1. The zero-order valence-corrected chi connectivity index (χ0v) is 10.9. The minimum atomic E-state index is 0.753. The van der Waals surface area contributed by atoms with Crippen molar-refractivity contribution in [3.05, 3.63) is 29.8 Å². The van der Waals surface area contributed by atoms with Crippen LogP contribution in [0.2, 0.25) is 0 Å². The summed E-state index contributed by atoms with van der Waals surface area (Å²) in [6.45, 7) is 3.44. The van der Waals surface area contributed by atoms with E-state index in [-0.39, 0.29) is 0 Å². The third-order valence-electron chi connectivity index (χ3n) is 3.70. The molecule has 2 heteroatoms. The van der Waals surface area contributed by atoms with Gasteiger partial charge in [0.05, 0.1) is 7.11 Å². The highest BCUT2D eigenvalue weighted by atomic mass is 16.5. The van der Waals surface area contributed by atoms with Gasteiger partial charge in [0.15, 0.2) is 0 Å². The van der Waals surface area contributed by atoms with Gasteiger partial charge in [-0.3, -0.25) is 0 Å². The van der Waals surface area contributed by atoms with E-state index in [1.54, 1.807) is 7.11 Å². The van der Waals surface area contributed by atoms with Crippen LogP contribution in [0.4, 0.5) is 0 Å². The number of nitrogens with one attached hydrogen (secondary N) is 1. The molecule has 2 nitrogen and oxygen atoms in total. The van der Waals surface area contributed by atoms with Crippen molar-refractivity contribution in [3.8, 4) is 5.75 Å². The summed E-state index contributed by atoms with van der Waals surface area (Å²) < 4.78 is 5.15. The van der Waals surface area contributed by atoms with Crippen LogP contribution in [0.15, 0.2) is 24.3 Å². The van der Waals surface area contributed by atoms with Gasteiger partial charge < -0.3 is 10.1 Å². The van der Waals surface area contributed by atoms with Gasteiger partial charge in [-0.05, 0) is 55.8 Å². The molecule has 1 fully saturated rings. The summed E-state index contributed by atoms with van der Waals surface area (Å²) in [6, 6.07) is 9.12. The molecule has 1 saturated carbocycles. The van der Waals surface area contributed by atoms with Gasteiger partial charge in [-0.25, -0.2) is 0 Å². The molecule has 2 rings (SSSR count). The van der Waals surface area contributed by atoms with E-state index >= 15 is 0 Å². The molecule has 17 heavy (non-hydrogen) atoms. The average molecular weight is 233 g/mol. The summed E-state index contributed by atoms with van der Waals surface area (Å²) in [5.74, 6) is 1.85. The smallest absolute Gasteiger partial charge is 0.118 e. The first-order valence-electron chi connectivity index (χ1n) is 6.64. The van der Waals surface area contributed by atoms with Crippen molar-refractivity contribution in [3.63, 3.8) is 0 Å². The number of hydrogen-bond acceptors (Lipinski definition) is 2. The molecule has 1 aromatic rings. The topological polar surface area (TPSA) is 21.3 Å². The monoisotopic (exact) mass is 233 g/mol. The van der Waals surface area contributed by atoms with Crippen LogP contribution < -0.4 is 10.1 Å². The SMILES string of the molecule is COc1ccc(CCNC2CCC(C)C2)cc1. The van der Waals surface area contributed by atoms with Crippen molar-refractivity contribution in [1.29, 1.82) is 0 Å². The molecule has 0 aliphatic heterocycles. The molecule has 1 aliphatic carbocycles. The molecular formula is C15H23NO. The Morgan fingerprint density at radius 2 is 2.00 bits per heavy atom. The Labute approximate surface area is 104 Å². The van der Waals surface area contributed by atoms with Gasteiger partial charge in [0.2, 0.25) is 0 Å². The Morgan fingerprint density at radius 1 is 1.24 bits per heavy atom. The lowest BCUT2D eigenvalue weighted by Gasteiger charge is -2.12. The third-order valence-corrected chi connectivity index (χ3v) is 3.70. The highest BCUT2D eigenvalue weighted by Gasteiger charge is 2.19. The van der Waals surface area contributed by atoms with E-state index in [1.807, 2.05) is 12.1 Å². The molecule has 0 bridgehead atoms. The summed E-state index contributed by atoms with van der Waals surface area (Å²) in [5.41, 5.74) is 1.38. The highest BCUT2D eigenvalue weighted by Crippen LogP contribution is 2.24. The van der Waals surface area contributed by atoms with E-state index in [2.05, 4.69) is 24.4 Å². The van der Waals surface area contributed by atoms with E-state index in [0.717, 1.165) is 30.7 Å². The molecule has 1 aromatic carbocycles. The van der Waals surface area contributed by atoms with Gasteiger partial charge in [-0.1, -0.05) is 19.1 Å². The van der Waals surface area contributed by atoms with Gasteiger partial charge in [-0.15, -0.1) is 0 Å². The molecule has 0 radical (unpaired) electrons. The lowest BCUT2D eigenvalue weighted by atomic mass is 10.1. The molecule has 0 spiro atoms. The number of ether oxygens (including phenoxy) is 1. The van der Waals surface area contributed by atoms with Crippen LogP contribution in [-0.4, -0.2) is 19.7 Å². The van der Waals surface area contributed by atoms with Gasteiger partial charge in [-0.2, -0.15) is 0 Å². The van der Waals surface area contributed by atoms with E-state index in [9.17, 15) is 0 Å². The molecule has 1 aliphatic rings. The van der Waals surface area contributed by atoms with Crippen molar-refractivity contribution in [2.45, 2.75) is 38.6 Å². The summed E-state index contributed by atoms with van der Waals surface area (Å²) in [6.07, 6.45) is 5.20. The Bertz CT molecular complexity index is 333. The molecule has 1 N–H and O–H groups in total. The molecular weight excluding hydrogens is 210 g/mol. The van der Waals surface area contributed by atoms with Crippen molar-refractivity contribution >= 4 is 0 Å². The van der Waals surface area contributed by atoms with Crippen molar-refractivity contribution in [2.75, 3.05) is 13.7 Å². The lowest BCUT2D eigenvalue weighted by Crippen LogP contribution is -2.28. The molecule has 0 aromatic heterocycles. The number of rotatable bonds is 5. The summed E-state index contributed by atoms with van der Waals surface area (Å²) in [4.78, 5) is 0. The Balaban J connectivity index is 1.70. The maximum atomic E-state index is 5.15. The third kappa shape index (κ3) is 3.74. The standard InChI is InChI=1S/C15H23NO/c1-12-3-6-14(11-12)16-10-9-13-4-7-15(17-2)8-5-13/h4-5,7-8,12,14,16H,3,6,9-11H2,1-2H3. The zero-order chi connectivity index (χ0) is 12.1. The second kappa shape index (κ2) is 6.06. The maximum Gasteiger partial charge on any atom is 0.118 e. The van der Waals surface area contributed by atoms with E-state index in [0.29, 0.717) is 0 Å². The summed E-state index contributed by atoms with van der Waals surface area (Å²) in [5, 5.41) is 3.66. The van der Waals surface area contributed by atoms with Crippen molar-refractivity contribution in [1.82, 2.24) is 5.32 Å². The number of hydrogen-bond donors (Lipinski definition) is 1.